The Bertz CT molecular complexity index is 600. The van der Waals surface area contributed by atoms with Gasteiger partial charge in [0.2, 0.25) is 0 Å². The van der Waals surface area contributed by atoms with Crippen molar-refractivity contribution in [2.45, 2.75) is 5.60 Å². The van der Waals surface area contributed by atoms with Crippen LogP contribution in [0.2, 0.25) is 0 Å². The zero-order valence-corrected chi connectivity index (χ0v) is 18.5. The van der Waals surface area contributed by atoms with Crippen LogP contribution >= 0.6 is 0 Å². The summed E-state index contributed by atoms with van der Waals surface area (Å²) in [7, 11) is 0. The Morgan fingerprint density at radius 2 is 0.792 bits per heavy atom. The minimum Gasteiger partial charge on any atom is -1.00 e. The summed E-state index contributed by atoms with van der Waals surface area (Å²) >= 11 is 0.651. The predicted molar refractivity (Wildman–Crippen MR) is 94.6 cm³/mol. The van der Waals surface area contributed by atoms with Gasteiger partial charge in [-0.25, -0.2) is 0 Å². The van der Waals surface area contributed by atoms with Gasteiger partial charge in [0.15, 0.2) is 0 Å². The summed E-state index contributed by atoms with van der Waals surface area (Å²) in [5.41, 5.74) is 2.97. The molecule has 0 saturated carbocycles. The minimum absolute atomic E-state index is 0. The molecule has 0 amide bonds. The predicted octanol–water partition coefficient (Wildman–Crippen LogP) is -2.83. The molecule has 0 aromatic heterocycles. The summed E-state index contributed by atoms with van der Waals surface area (Å²) in [6.07, 6.45) is 0. The third-order valence-corrected chi connectivity index (χ3v) is 4.46. The summed E-state index contributed by atoms with van der Waals surface area (Å²) in [4.78, 5) is 0. The Morgan fingerprint density at radius 1 is 0.542 bits per heavy atom. The topological polar surface area (TPSA) is 9.23 Å². The second-order valence-electron chi connectivity index (χ2n) is 4.98. The molecule has 0 unspecified atom stereocenters. The van der Waals surface area contributed by atoms with Gasteiger partial charge < -0.3 is 28.6 Å². The molecule has 0 fully saturated rings. The fourth-order valence-electron chi connectivity index (χ4n) is 2.87. The molecule has 0 bridgehead atoms. The normalized spacial score (nSPS) is 9.83. The molecular weight excluding hydrogens is 366 g/mol. The molecule has 0 aliphatic carbocycles. The third-order valence-electron chi connectivity index (χ3n) is 3.85. The van der Waals surface area contributed by atoms with Crippen LogP contribution in [-0.2, 0) is 9.39 Å². The van der Waals surface area contributed by atoms with E-state index in [1.807, 2.05) is 18.2 Å². The van der Waals surface area contributed by atoms with E-state index in [4.69, 9.17) is 3.79 Å². The third kappa shape index (κ3) is 4.56. The Kier molecular flexibility index (Phi) is 10.9. The van der Waals surface area contributed by atoms with Gasteiger partial charge >= 0.3 is 39.7 Å². The van der Waals surface area contributed by atoms with Crippen molar-refractivity contribution in [3.8, 4) is 0 Å². The number of benzene rings is 3. The second-order valence-corrected chi connectivity index (χ2v) is 5.39. The first kappa shape index (κ1) is 23.5. The van der Waals surface area contributed by atoms with Crippen molar-refractivity contribution >= 4 is 39.7 Å². The summed E-state index contributed by atoms with van der Waals surface area (Å²) < 4.78 is 6.24. The Labute approximate surface area is 180 Å². The Balaban J connectivity index is 0.00000176. The summed E-state index contributed by atoms with van der Waals surface area (Å²) in [5.74, 6) is 0. The quantitative estimate of drug-likeness (QED) is 0.349. The number of hydrogen-bond acceptors (Lipinski definition) is 1. The van der Waals surface area contributed by atoms with Gasteiger partial charge in [0.25, 0.3) is 0 Å². The van der Waals surface area contributed by atoms with E-state index in [2.05, 4.69) is 72.8 Å². The van der Waals surface area contributed by atoms with Crippen molar-refractivity contribution < 1.29 is 28.6 Å². The van der Waals surface area contributed by atoms with E-state index in [0.29, 0.717) is 16.6 Å². The van der Waals surface area contributed by atoms with Crippen molar-refractivity contribution in [2.75, 3.05) is 0 Å². The van der Waals surface area contributed by atoms with Crippen molar-refractivity contribution in [3.05, 3.63) is 108 Å². The van der Waals surface area contributed by atoms with Crippen LogP contribution in [0.15, 0.2) is 91.0 Å². The van der Waals surface area contributed by atoms with Gasteiger partial charge in [0, 0.05) is 0 Å². The maximum absolute atomic E-state index is 6.24. The van der Waals surface area contributed by atoms with Crippen molar-refractivity contribution in [1.29, 1.82) is 0 Å². The second kappa shape index (κ2) is 11.2. The summed E-state index contributed by atoms with van der Waals surface area (Å²) in [6, 6.07) is 31.3. The number of halogens is 2. The van der Waals surface area contributed by atoms with Crippen LogP contribution in [0.5, 0.6) is 0 Å². The Hall–Kier alpha value is -0.501. The molecule has 1 nitrogen and oxygen atoms in total. The smallest absolute Gasteiger partial charge is 1.00 e. The van der Waals surface area contributed by atoms with Crippen LogP contribution < -0.4 is 24.8 Å². The van der Waals surface area contributed by atoms with Crippen LogP contribution in [0.25, 0.3) is 0 Å². The van der Waals surface area contributed by atoms with Crippen LogP contribution in [-0.4, -0.2) is 39.7 Å². The van der Waals surface area contributed by atoms with Crippen molar-refractivity contribution in [2.24, 2.45) is 0 Å². The molecule has 3 aromatic carbocycles. The molecule has 3 aromatic rings. The van der Waals surface area contributed by atoms with Crippen LogP contribution in [0.1, 0.15) is 16.7 Å². The molecule has 0 saturated heterocycles. The molecule has 0 spiro atoms. The fraction of sp³-hybridized carbons (Fsp3) is 0.0526. The molecule has 0 atom stereocenters. The average molecular weight is 384 g/mol. The van der Waals surface area contributed by atoms with E-state index in [1.165, 1.54) is 0 Å². The average Bonchev–Trinajstić information content (AvgIpc) is 2.59. The molecule has 0 aliphatic heterocycles. The molecule has 3 rings (SSSR count). The van der Waals surface area contributed by atoms with Crippen LogP contribution in [0.4, 0.5) is 0 Å². The van der Waals surface area contributed by atoms with Gasteiger partial charge in [-0.15, -0.1) is 0 Å². The van der Waals surface area contributed by atoms with Crippen LogP contribution in [0, 0.1) is 0 Å². The first-order chi connectivity index (χ1) is 10.4. The van der Waals surface area contributed by atoms with E-state index in [0.717, 1.165) is 16.7 Å². The minimum atomic E-state index is -0.518. The van der Waals surface area contributed by atoms with Gasteiger partial charge in [-0.3, -0.25) is 0 Å². The summed E-state index contributed by atoms with van der Waals surface area (Å²) in [6.45, 7) is 0. The zero-order chi connectivity index (χ0) is 14.5. The van der Waals surface area contributed by atoms with E-state index in [-0.39, 0.29) is 47.9 Å². The van der Waals surface area contributed by atoms with E-state index < -0.39 is 5.60 Å². The summed E-state index contributed by atoms with van der Waals surface area (Å²) in [5, 5.41) is 0. The SMILES string of the molecule is [AlH2][O]C(c1ccccc1)(c1ccccc1)c1ccccc1.[Cl-].[Cl-].[Mg+2]. The van der Waals surface area contributed by atoms with E-state index in [9.17, 15) is 0 Å². The first-order valence-corrected chi connectivity index (χ1v) is 7.91. The molecule has 24 heavy (non-hydrogen) atoms. The number of rotatable bonds is 4. The molecule has 0 radical (unpaired) electrons. The van der Waals surface area contributed by atoms with Gasteiger partial charge in [0.1, 0.15) is 5.60 Å². The molecule has 5 heteroatoms. The van der Waals surface area contributed by atoms with Gasteiger partial charge in [0.05, 0.1) is 0 Å². The molecule has 0 heterocycles. The van der Waals surface area contributed by atoms with E-state index >= 15 is 0 Å². The zero-order valence-electron chi connectivity index (χ0n) is 13.5. The largest absolute Gasteiger partial charge is 2.00 e. The fourth-order valence-corrected chi connectivity index (χ4v) is 3.58. The first-order valence-electron chi connectivity index (χ1n) is 7.09. The van der Waals surface area contributed by atoms with Crippen molar-refractivity contribution in [3.63, 3.8) is 0 Å². The molecule has 118 valence electrons. The van der Waals surface area contributed by atoms with Gasteiger partial charge in [-0.05, 0) is 16.7 Å². The molecular formula is C19H17AlCl2MgO. The Morgan fingerprint density at radius 3 is 1.00 bits per heavy atom. The van der Waals surface area contributed by atoms with Gasteiger partial charge in [-0.1, -0.05) is 91.0 Å². The molecule has 0 N–H and O–H groups in total. The van der Waals surface area contributed by atoms with Crippen molar-refractivity contribution in [1.82, 2.24) is 0 Å². The monoisotopic (exact) mass is 382 g/mol. The van der Waals surface area contributed by atoms with Crippen LogP contribution in [0.3, 0.4) is 0 Å². The maximum atomic E-state index is 6.24. The van der Waals surface area contributed by atoms with Gasteiger partial charge in [-0.2, -0.15) is 0 Å². The number of hydrogen-bond donors (Lipinski definition) is 0. The maximum Gasteiger partial charge on any atom is 2.00 e. The molecule has 0 aliphatic rings. The van der Waals surface area contributed by atoms with E-state index in [1.54, 1.807) is 0 Å². The standard InChI is InChI=1S/C19H15O.Al.2ClH.Mg.2H/c20-19(16-10-4-1-5-11-16,17-12-6-2-7-13-17)18-14-8-3-9-15-18;;;;;;/h1-15H;;2*1H;;;/q-1;+1;;;+2;;/p-2.